The van der Waals surface area contributed by atoms with Gasteiger partial charge < -0.3 is 9.80 Å². The predicted molar refractivity (Wildman–Crippen MR) is 112 cm³/mol. The van der Waals surface area contributed by atoms with E-state index in [-0.39, 0.29) is 11.8 Å². The molecule has 0 atom stereocenters. The van der Waals surface area contributed by atoms with Gasteiger partial charge in [0.15, 0.2) is 5.65 Å². The number of amides is 1. The van der Waals surface area contributed by atoms with Crippen molar-refractivity contribution in [2.24, 2.45) is 5.92 Å². The van der Waals surface area contributed by atoms with Gasteiger partial charge in [0.25, 0.3) is 0 Å². The van der Waals surface area contributed by atoms with Crippen LogP contribution in [0.4, 0.5) is 5.82 Å². The summed E-state index contributed by atoms with van der Waals surface area (Å²) in [6, 6.07) is 10.1. The van der Waals surface area contributed by atoms with Crippen molar-refractivity contribution in [1.29, 1.82) is 0 Å². The minimum absolute atomic E-state index is 0.218. The molecule has 1 aliphatic heterocycles. The molecule has 0 radical (unpaired) electrons. The summed E-state index contributed by atoms with van der Waals surface area (Å²) in [7, 11) is 0. The number of para-hydroxylation sites is 1. The number of hydrogen-bond donors (Lipinski definition) is 0. The van der Waals surface area contributed by atoms with Crippen molar-refractivity contribution in [1.82, 2.24) is 24.6 Å². The summed E-state index contributed by atoms with van der Waals surface area (Å²) in [4.78, 5) is 26.4. The van der Waals surface area contributed by atoms with E-state index in [0.717, 1.165) is 67.4 Å². The molecule has 0 unspecified atom stereocenters. The lowest BCUT2D eigenvalue weighted by atomic mass is 10.2. The second kappa shape index (κ2) is 7.13. The number of anilines is 1. The van der Waals surface area contributed by atoms with E-state index in [1.165, 1.54) is 0 Å². The van der Waals surface area contributed by atoms with E-state index in [1.54, 1.807) is 0 Å². The molecule has 3 heterocycles. The third-order valence-corrected chi connectivity index (χ3v) is 5.76. The standard InChI is InChI=1S/C22H26N6O/c1-15(2)19-24-20(26-10-12-27(13-11-26)22(29)16-8-9-16)18-14-23-28(21(18)25-19)17-6-4-3-5-7-17/h3-7,14-16H,8-13H2,1-2H3. The van der Waals surface area contributed by atoms with Gasteiger partial charge in [0, 0.05) is 38.0 Å². The van der Waals surface area contributed by atoms with Gasteiger partial charge in [-0.15, -0.1) is 0 Å². The van der Waals surface area contributed by atoms with Crippen LogP contribution in [0.5, 0.6) is 0 Å². The Hall–Kier alpha value is -2.96. The smallest absolute Gasteiger partial charge is 0.225 e. The van der Waals surface area contributed by atoms with Crippen LogP contribution in [0.2, 0.25) is 0 Å². The van der Waals surface area contributed by atoms with E-state index in [9.17, 15) is 4.79 Å². The second-order valence-electron chi connectivity index (χ2n) is 8.28. The Morgan fingerprint density at radius 2 is 1.76 bits per heavy atom. The minimum Gasteiger partial charge on any atom is -0.352 e. The maximum atomic E-state index is 12.4. The number of piperazine rings is 1. The SMILES string of the molecule is CC(C)c1nc(N2CCN(C(=O)C3CC3)CC2)c2cnn(-c3ccccc3)c2n1. The van der Waals surface area contributed by atoms with Gasteiger partial charge >= 0.3 is 0 Å². The summed E-state index contributed by atoms with van der Waals surface area (Å²) in [6.07, 6.45) is 3.98. The molecule has 7 heteroatoms. The fourth-order valence-corrected chi connectivity index (χ4v) is 3.89. The summed E-state index contributed by atoms with van der Waals surface area (Å²) in [5.74, 6) is 2.58. The lowest BCUT2D eigenvalue weighted by Gasteiger charge is -2.36. The highest BCUT2D eigenvalue weighted by atomic mass is 16.2. The molecule has 1 amide bonds. The lowest BCUT2D eigenvalue weighted by Crippen LogP contribution is -2.49. The largest absolute Gasteiger partial charge is 0.352 e. The highest BCUT2D eigenvalue weighted by molar-refractivity contribution is 5.88. The molecule has 1 saturated carbocycles. The molecular weight excluding hydrogens is 364 g/mol. The Bertz CT molecular complexity index is 1030. The molecule has 0 bridgehead atoms. The number of nitrogens with zero attached hydrogens (tertiary/aromatic N) is 6. The van der Waals surface area contributed by atoms with Gasteiger partial charge in [-0.05, 0) is 25.0 Å². The van der Waals surface area contributed by atoms with Gasteiger partial charge in [-0.1, -0.05) is 32.0 Å². The van der Waals surface area contributed by atoms with E-state index < -0.39 is 0 Å². The van der Waals surface area contributed by atoms with E-state index in [0.29, 0.717) is 5.91 Å². The molecule has 2 fully saturated rings. The van der Waals surface area contributed by atoms with Crippen molar-refractivity contribution >= 4 is 22.8 Å². The van der Waals surface area contributed by atoms with Gasteiger partial charge in [0.05, 0.1) is 17.3 Å². The first-order valence-electron chi connectivity index (χ1n) is 10.5. The molecule has 2 aromatic heterocycles. The quantitative estimate of drug-likeness (QED) is 0.685. The van der Waals surface area contributed by atoms with Crippen LogP contribution in [0.3, 0.4) is 0 Å². The molecule has 1 saturated heterocycles. The number of benzene rings is 1. The van der Waals surface area contributed by atoms with Crippen molar-refractivity contribution in [3.8, 4) is 5.69 Å². The molecule has 7 nitrogen and oxygen atoms in total. The summed E-state index contributed by atoms with van der Waals surface area (Å²) in [6.45, 7) is 7.31. The molecule has 150 valence electrons. The molecule has 2 aliphatic rings. The van der Waals surface area contributed by atoms with E-state index in [1.807, 2.05) is 46.1 Å². The number of rotatable bonds is 4. The Kier molecular flexibility index (Phi) is 4.45. The zero-order valence-electron chi connectivity index (χ0n) is 17.0. The average Bonchev–Trinajstić information content (AvgIpc) is 3.52. The van der Waals surface area contributed by atoms with Gasteiger partial charge in [0.2, 0.25) is 5.91 Å². The first kappa shape index (κ1) is 18.1. The summed E-state index contributed by atoms with van der Waals surface area (Å²) in [5, 5.41) is 5.58. The molecule has 3 aromatic rings. The molecule has 0 spiro atoms. The lowest BCUT2D eigenvalue weighted by molar-refractivity contribution is -0.132. The summed E-state index contributed by atoms with van der Waals surface area (Å²) >= 11 is 0. The van der Waals surface area contributed by atoms with Crippen LogP contribution in [0.1, 0.15) is 38.4 Å². The first-order valence-corrected chi connectivity index (χ1v) is 10.5. The summed E-state index contributed by atoms with van der Waals surface area (Å²) < 4.78 is 1.89. The van der Waals surface area contributed by atoms with Crippen molar-refractivity contribution in [2.45, 2.75) is 32.6 Å². The van der Waals surface area contributed by atoms with Crippen LogP contribution in [0, 0.1) is 5.92 Å². The van der Waals surface area contributed by atoms with E-state index in [4.69, 9.17) is 9.97 Å². The van der Waals surface area contributed by atoms with Crippen molar-refractivity contribution in [2.75, 3.05) is 31.1 Å². The summed E-state index contributed by atoms with van der Waals surface area (Å²) in [5.41, 5.74) is 1.82. The molecule has 29 heavy (non-hydrogen) atoms. The van der Waals surface area contributed by atoms with E-state index >= 15 is 0 Å². The Labute approximate surface area is 170 Å². The van der Waals surface area contributed by atoms with Crippen LogP contribution in [-0.2, 0) is 4.79 Å². The molecule has 1 aliphatic carbocycles. The molecular formula is C22H26N6O. The Morgan fingerprint density at radius 3 is 2.41 bits per heavy atom. The Morgan fingerprint density at radius 1 is 1.03 bits per heavy atom. The number of hydrogen-bond acceptors (Lipinski definition) is 5. The number of carbonyl (C=O) groups excluding carboxylic acids is 1. The number of aromatic nitrogens is 4. The average molecular weight is 390 g/mol. The van der Waals surface area contributed by atoms with Gasteiger partial charge in [-0.3, -0.25) is 4.79 Å². The van der Waals surface area contributed by atoms with Crippen LogP contribution in [0.25, 0.3) is 16.7 Å². The maximum Gasteiger partial charge on any atom is 0.225 e. The van der Waals surface area contributed by atoms with Crippen molar-refractivity contribution in [3.05, 3.63) is 42.4 Å². The van der Waals surface area contributed by atoms with Gasteiger partial charge in [-0.25, -0.2) is 14.6 Å². The van der Waals surface area contributed by atoms with Gasteiger partial charge in [-0.2, -0.15) is 5.10 Å². The zero-order valence-corrected chi connectivity index (χ0v) is 17.0. The monoisotopic (exact) mass is 390 g/mol. The third kappa shape index (κ3) is 3.34. The fourth-order valence-electron chi connectivity index (χ4n) is 3.89. The van der Waals surface area contributed by atoms with Crippen LogP contribution in [-0.4, -0.2) is 56.7 Å². The zero-order chi connectivity index (χ0) is 20.0. The highest BCUT2D eigenvalue weighted by Crippen LogP contribution is 2.32. The third-order valence-electron chi connectivity index (χ3n) is 5.76. The molecule has 0 N–H and O–H groups in total. The topological polar surface area (TPSA) is 67.2 Å². The minimum atomic E-state index is 0.218. The van der Waals surface area contributed by atoms with E-state index in [2.05, 4.69) is 23.8 Å². The van der Waals surface area contributed by atoms with Crippen LogP contribution < -0.4 is 4.90 Å². The number of carbonyl (C=O) groups is 1. The number of fused-ring (bicyclic) bond motifs is 1. The van der Waals surface area contributed by atoms with Crippen LogP contribution >= 0.6 is 0 Å². The maximum absolute atomic E-state index is 12.4. The first-order chi connectivity index (χ1) is 14.1. The predicted octanol–water partition coefficient (Wildman–Crippen LogP) is 3.00. The van der Waals surface area contributed by atoms with Crippen LogP contribution in [0.15, 0.2) is 36.5 Å². The Balaban J connectivity index is 1.50. The van der Waals surface area contributed by atoms with Gasteiger partial charge in [0.1, 0.15) is 11.6 Å². The molecule has 1 aromatic carbocycles. The van der Waals surface area contributed by atoms with Crippen molar-refractivity contribution in [3.63, 3.8) is 0 Å². The fraction of sp³-hybridized carbons (Fsp3) is 0.455. The molecule has 5 rings (SSSR count). The highest BCUT2D eigenvalue weighted by Gasteiger charge is 2.35. The van der Waals surface area contributed by atoms with Crippen molar-refractivity contribution < 1.29 is 4.79 Å². The second-order valence-corrected chi connectivity index (χ2v) is 8.28. The normalized spacial score (nSPS) is 17.3.